The Labute approximate surface area is 400 Å². The van der Waals surface area contributed by atoms with E-state index >= 15 is 0 Å². The number of fused-ring (bicyclic) bond motifs is 8. The van der Waals surface area contributed by atoms with E-state index in [0.717, 1.165) is 46.2 Å². The summed E-state index contributed by atoms with van der Waals surface area (Å²) >= 11 is 0. The predicted octanol–water partition coefficient (Wildman–Crippen LogP) is 16.2. The molecule has 0 fully saturated rings. The van der Waals surface area contributed by atoms with Crippen molar-refractivity contribution in [2.45, 2.75) is 170 Å². The van der Waals surface area contributed by atoms with Gasteiger partial charge < -0.3 is 9.64 Å². The minimum atomic E-state index is -0.438. The van der Waals surface area contributed by atoms with Crippen LogP contribution in [0.5, 0.6) is 11.5 Å². The number of hydrogen-bond donors (Lipinski definition) is 0. The molecule has 67 heavy (non-hydrogen) atoms. The van der Waals surface area contributed by atoms with Crippen molar-refractivity contribution in [1.82, 2.24) is 9.55 Å². The van der Waals surface area contributed by atoms with Gasteiger partial charge in [0.25, 0.3) is 0 Å². The molecule has 0 unspecified atom stereocenters. The van der Waals surface area contributed by atoms with E-state index in [-0.39, 0.29) is 16.2 Å². The molecule has 10 rings (SSSR count). The molecule has 0 amide bonds. The molecule has 3 aliphatic rings. The molecule has 0 saturated carbocycles. The van der Waals surface area contributed by atoms with E-state index in [9.17, 15) is 0 Å². The molecule has 5 heteroatoms. The van der Waals surface area contributed by atoms with E-state index in [2.05, 4.69) is 213 Å². The third-order valence-electron chi connectivity index (χ3n) is 16.2. The molecule has 0 radical (unpaired) electrons. The van der Waals surface area contributed by atoms with Crippen LogP contribution in [0.4, 0.5) is 5.69 Å². The van der Waals surface area contributed by atoms with Crippen molar-refractivity contribution in [3.05, 3.63) is 157 Å². The van der Waals surface area contributed by atoms with Crippen molar-refractivity contribution in [3.8, 4) is 17.3 Å². The molecule has 0 bridgehead atoms. The van der Waals surface area contributed by atoms with Crippen LogP contribution in [0.1, 0.15) is 181 Å². The fraction of sp³-hybridized carbons (Fsp3) is 0.419. The Morgan fingerprint density at radius 2 is 1.30 bits per heavy atom. The number of ether oxygens (including phenoxy) is 1. The number of pyridine rings is 1. The molecule has 7 aromatic rings. The lowest BCUT2D eigenvalue weighted by Gasteiger charge is -2.44. The Morgan fingerprint density at radius 1 is 0.657 bits per heavy atom. The number of aliphatic imine (C=N–C) groups is 1. The minimum absolute atomic E-state index is 0.0184. The van der Waals surface area contributed by atoms with E-state index in [1.165, 1.54) is 83.2 Å². The van der Waals surface area contributed by atoms with Gasteiger partial charge in [0.1, 0.15) is 23.2 Å². The first-order chi connectivity index (χ1) is 31.2. The molecular formula is C62H72N4O. The Kier molecular flexibility index (Phi) is 9.87. The summed E-state index contributed by atoms with van der Waals surface area (Å²) in [5, 5.41) is 2.49. The molecule has 346 valence electrons. The van der Waals surface area contributed by atoms with Crippen molar-refractivity contribution in [1.29, 1.82) is 0 Å². The first-order valence-electron chi connectivity index (χ1n) is 24.8. The average molecular weight is 889 g/mol. The van der Waals surface area contributed by atoms with Gasteiger partial charge in [-0.25, -0.2) is 4.98 Å². The summed E-state index contributed by atoms with van der Waals surface area (Å²) in [7, 11) is 0. The van der Waals surface area contributed by atoms with Crippen molar-refractivity contribution < 1.29 is 4.74 Å². The maximum absolute atomic E-state index is 7.31. The van der Waals surface area contributed by atoms with Gasteiger partial charge in [-0.3, -0.25) is 9.56 Å². The van der Waals surface area contributed by atoms with Crippen LogP contribution in [0.15, 0.2) is 90.1 Å². The summed E-state index contributed by atoms with van der Waals surface area (Å²) in [6.45, 7) is 41.7. The number of para-hydroxylation sites is 1. The molecule has 5 aromatic carbocycles. The second-order valence-corrected chi connectivity index (χ2v) is 24.2. The van der Waals surface area contributed by atoms with Gasteiger partial charge >= 0.3 is 0 Å². The molecule has 2 aliphatic heterocycles. The zero-order chi connectivity index (χ0) is 48.2. The SMILES string of the molecule is Cc1cnc2c(c1)C(C)(C)c1cc(C(C)(C)C)cc3c4cc(C)c(Oc5cc(C6=N[C@]7(C)Cc8cc(C)c(C)cc8[C@]7(C)N6c6c(C(C)C)cccc6C(C)C)cc(C(C)(C)C)c5)cc4n-2c13. The molecule has 1 aliphatic carbocycles. The Morgan fingerprint density at radius 3 is 1.94 bits per heavy atom. The Hall–Kier alpha value is -5.68. The molecular weight excluding hydrogens is 817 g/mol. The van der Waals surface area contributed by atoms with Gasteiger partial charge in [0.2, 0.25) is 0 Å². The number of amidine groups is 1. The van der Waals surface area contributed by atoms with Crippen LogP contribution >= 0.6 is 0 Å². The second-order valence-electron chi connectivity index (χ2n) is 24.2. The topological polar surface area (TPSA) is 42.7 Å². The fourth-order valence-corrected chi connectivity index (χ4v) is 11.8. The third kappa shape index (κ3) is 6.60. The third-order valence-corrected chi connectivity index (χ3v) is 16.2. The van der Waals surface area contributed by atoms with Crippen molar-refractivity contribution in [2.75, 3.05) is 4.90 Å². The zero-order valence-electron chi connectivity index (χ0n) is 43.6. The lowest BCUT2D eigenvalue weighted by Crippen LogP contribution is -2.52. The molecule has 0 N–H and O–H groups in total. The Bertz CT molecular complexity index is 3240. The van der Waals surface area contributed by atoms with Gasteiger partial charge in [-0.15, -0.1) is 0 Å². The fourth-order valence-electron chi connectivity index (χ4n) is 11.8. The van der Waals surface area contributed by atoms with E-state index in [1.54, 1.807) is 0 Å². The van der Waals surface area contributed by atoms with Crippen LogP contribution < -0.4 is 9.64 Å². The zero-order valence-corrected chi connectivity index (χ0v) is 43.6. The lowest BCUT2D eigenvalue weighted by atomic mass is 9.73. The van der Waals surface area contributed by atoms with E-state index in [1.807, 2.05) is 6.20 Å². The molecule has 4 heterocycles. The summed E-state index contributed by atoms with van der Waals surface area (Å²) in [4.78, 5) is 13.9. The highest BCUT2D eigenvalue weighted by atomic mass is 16.5. The summed E-state index contributed by atoms with van der Waals surface area (Å²) in [5.74, 6) is 4.29. The van der Waals surface area contributed by atoms with Gasteiger partial charge in [0.15, 0.2) is 0 Å². The highest BCUT2D eigenvalue weighted by Crippen LogP contribution is 2.59. The molecule has 2 atom stereocenters. The van der Waals surface area contributed by atoms with Crippen LogP contribution in [-0.4, -0.2) is 20.9 Å². The van der Waals surface area contributed by atoms with Crippen LogP contribution in [0.2, 0.25) is 0 Å². The van der Waals surface area contributed by atoms with E-state index < -0.39 is 11.1 Å². The first kappa shape index (κ1) is 45.1. The van der Waals surface area contributed by atoms with Crippen LogP contribution in [0, 0.1) is 27.7 Å². The monoisotopic (exact) mass is 889 g/mol. The Balaban J connectivity index is 1.20. The van der Waals surface area contributed by atoms with Crippen molar-refractivity contribution in [3.63, 3.8) is 0 Å². The number of nitrogens with zero attached hydrogens (tertiary/aromatic N) is 4. The van der Waals surface area contributed by atoms with E-state index in [4.69, 9.17) is 14.7 Å². The van der Waals surface area contributed by atoms with Crippen molar-refractivity contribution >= 4 is 33.3 Å². The van der Waals surface area contributed by atoms with Gasteiger partial charge in [0, 0.05) is 46.0 Å². The maximum Gasteiger partial charge on any atom is 0.141 e. The number of aromatic nitrogens is 2. The van der Waals surface area contributed by atoms with Crippen LogP contribution in [0.3, 0.4) is 0 Å². The number of anilines is 1. The maximum atomic E-state index is 7.31. The summed E-state index contributed by atoms with van der Waals surface area (Å²) < 4.78 is 9.73. The highest BCUT2D eigenvalue weighted by molar-refractivity contribution is 6.15. The van der Waals surface area contributed by atoms with Crippen LogP contribution in [0.25, 0.3) is 27.6 Å². The summed E-state index contributed by atoms with van der Waals surface area (Å²) in [5.41, 5.74) is 19.0. The lowest BCUT2D eigenvalue weighted by molar-refractivity contribution is 0.321. The quantitative estimate of drug-likeness (QED) is 0.167. The largest absolute Gasteiger partial charge is 0.457 e. The average Bonchev–Trinajstić information content (AvgIpc) is 3.75. The second kappa shape index (κ2) is 14.7. The number of benzene rings is 5. The molecule has 0 saturated heterocycles. The summed E-state index contributed by atoms with van der Waals surface area (Å²) in [6, 6.07) is 30.6. The van der Waals surface area contributed by atoms with Crippen molar-refractivity contribution in [2.24, 2.45) is 4.99 Å². The van der Waals surface area contributed by atoms with E-state index in [0.29, 0.717) is 11.8 Å². The smallest absolute Gasteiger partial charge is 0.141 e. The number of hydrogen-bond acceptors (Lipinski definition) is 4. The highest BCUT2D eigenvalue weighted by Gasteiger charge is 2.62. The minimum Gasteiger partial charge on any atom is -0.457 e. The molecule has 0 spiro atoms. The van der Waals surface area contributed by atoms with Crippen LogP contribution in [-0.2, 0) is 28.2 Å². The van der Waals surface area contributed by atoms with Gasteiger partial charge in [-0.1, -0.05) is 119 Å². The normalized spacial score (nSPS) is 19.7. The van der Waals surface area contributed by atoms with Gasteiger partial charge in [0.05, 0.1) is 27.8 Å². The predicted molar refractivity (Wildman–Crippen MR) is 283 cm³/mol. The molecule has 5 nitrogen and oxygen atoms in total. The standard InChI is InChI=1S/C62H72N4O/c1-34(2)45-20-19-21-46(35(3)4)54(45)66-56(64-61(17)32-41-23-37(6)38(7)25-49(41)62(61,66)18)40-26-42(58(9,10)11)28-44(27-40)67-53-31-52-47(24-39(53)8)48-29-43(59(12,13)14)30-50-55(48)65(52)57-51(60(50,15)16)22-36(5)33-63-57/h19-31,33-35H,32H2,1-18H3/t61-,62+/m1/s1. The van der Waals surface area contributed by atoms with Gasteiger partial charge in [-0.05, 0) is 162 Å². The number of aryl methyl sites for hydroxylation is 4. The molecule has 2 aromatic heterocycles. The summed E-state index contributed by atoms with van der Waals surface area (Å²) in [6.07, 6.45) is 2.89. The van der Waals surface area contributed by atoms with Gasteiger partial charge in [-0.2, -0.15) is 0 Å². The first-order valence-corrected chi connectivity index (χ1v) is 24.8. The number of rotatable bonds is 6.